The smallest absolute Gasteiger partial charge is 0.150 e. The number of fused-ring (bicyclic) bond motifs is 1. The summed E-state index contributed by atoms with van der Waals surface area (Å²) < 4.78 is 2.32. The molecule has 2 atom stereocenters. The minimum Gasteiger partial charge on any atom is -0.312 e. The normalized spacial score (nSPS) is 22.3. The molecule has 0 bridgehead atoms. The molecule has 2 heterocycles. The fourth-order valence-electron chi connectivity index (χ4n) is 2.42. The molecule has 0 aliphatic carbocycles. The summed E-state index contributed by atoms with van der Waals surface area (Å²) in [5.41, 5.74) is 0.178. The van der Waals surface area contributed by atoms with Crippen molar-refractivity contribution in [3.63, 3.8) is 0 Å². The highest BCUT2D eigenvalue weighted by Gasteiger charge is 2.34. The molecule has 1 aromatic heterocycles. The second kappa shape index (κ2) is 4.41. The predicted molar refractivity (Wildman–Crippen MR) is 68.9 cm³/mol. The van der Waals surface area contributed by atoms with Gasteiger partial charge >= 0.3 is 0 Å². The lowest BCUT2D eigenvalue weighted by Gasteiger charge is -2.34. The summed E-state index contributed by atoms with van der Waals surface area (Å²) in [6.45, 7) is 13.2. The van der Waals surface area contributed by atoms with Crippen LogP contribution in [0.4, 0.5) is 0 Å². The number of hydrogen-bond donors (Lipinski definition) is 1. The maximum absolute atomic E-state index is 4.42. The van der Waals surface area contributed by atoms with Gasteiger partial charge in [-0.05, 0) is 11.8 Å². The first kappa shape index (κ1) is 12.6. The number of nitrogens with zero attached hydrogens (tertiary/aromatic N) is 3. The van der Waals surface area contributed by atoms with Gasteiger partial charge in [0, 0.05) is 19.0 Å². The summed E-state index contributed by atoms with van der Waals surface area (Å²) >= 11 is 0. The predicted octanol–water partition coefficient (Wildman–Crippen LogP) is 2.48. The van der Waals surface area contributed by atoms with Gasteiger partial charge in [0.15, 0.2) is 5.82 Å². The summed E-state index contributed by atoms with van der Waals surface area (Å²) in [7, 11) is 0. The largest absolute Gasteiger partial charge is 0.312 e. The van der Waals surface area contributed by atoms with Crippen LogP contribution < -0.4 is 5.32 Å². The molecule has 0 radical (unpaired) electrons. The van der Waals surface area contributed by atoms with Crippen molar-refractivity contribution in [2.45, 2.75) is 59.5 Å². The fraction of sp³-hybridized carbons (Fsp3) is 0.846. The fourth-order valence-corrected chi connectivity index (χ4v) is 2.42. The Morgan fingerprint density at radius 1 is 1.41 bits per heavy atom. The van der Waals surface area contributed by atoms with E-state index >= 15 is 0 Å². The summed E-state index contributed by atoms with van der Waals surface area (Å²) in [5.74, 6) is 2.76. The van der Waals surface area contributed by atoms with E-state index < -0.39 is 0 Å². The van der Waals surface area contributed by atoms with Crippen molar-refractivity contribution in [3.8, 4) is 0 Å². The van der Waals surface area contributed by atoms with Crippen LogP contribution >= 0.6 is 0 Å². The van der Waals surface area contributed by atoms with E-state index in [1.54, 1.807) is 0 Å². The van der Waals surface area contributed by atoms with Crippen molar-refractivity contribution in [1.29, 1.82) is 0 Å². The van der Waals surface area contributed by atoms with Crippen LogP contribution in [-0.2, 0) is 6.54 Å². The summed E-state index contributed by atoms with van der Waals surface area (Å²) in [5, 5.41) is 12.4. The Morgan fingerprint density at radius 2 is 2.12 bits per heavy atom. The average Bonchev–Trinajstić information content (AvgIpc) is 2.69. The zero-order chi connectivity index (χ0) is 12.6. The summed E-state index contributed by atoms with van der Waals surface area (Å²) in [6, 6.07) is 0.307. The lowest BCUT2D eigenvalue weighted by molar-refractivity contribution is 0.231. The Morgan fingerprint density at radius 3 is 2.71 bits per heavy atom. The van der Waals surface area contributed by atoms with E-state index in [4.69, 9.17) is 0 Å². The van der Waals surface area contributed by atoms with Gasteiger partial charge in [-0.3, -0.25) is 0 Å². The molecule has 0 aromatic carbocycles. The van der Waals surface area contributed by atoms with Gasteiger partial charge in [0.2, 0.25) is 0 Å². The Bertz CT molecular complexity index is 389. The highest BCUT2D eigenvalue weighted by atomic mass is 15.3. The molecule has 0 saturated carbocycles. The SMILES string of the molecule is CCC(C)c1nnc2n1CCNC2C(C)(C)C. The molecule has 1 aromatic rings. The molecule has 17 heavy (non-hydrogen) atoms. The van der Waals surface area contributed by atoms with Gasteiger partial charge in [0.25, 0.3) is 0 Å². The second-order valence-corrected chi connectivity index (χ2v) is 6.13. The second-order valence-electron chi connectivity index (χ2n) is 6.13. The van der Waals surface area contributed by atoms with Crippen molar-refractivity contribution in [1.82, 2.24) is 20.1 Å². The van der Waals surface area contributed by atoms with Crippen molar-refractivity contribution >= 4 is 0 Å². The van der Waals surface area contributed by atoms with Crippen molar-refractivity contribution in [2.24, 2.45) is 5.41 Å². The first-order valence-electron chi connectivity index (χ1n) is 6.61. The van der Waals surface area contributed by atoms with Gasteiger partial charge in [0.05, 0.1) is 6.04 Å². The molecule has 2 rings (SSSR count). The van der Waals surface area contributed by atoms with E-state index in [1.165, 1.54) is 0 Å². The standard InChI is InChI=1S/C13H24N4/c1-6-9(2)11-15-16-12-10(13(3,4)5)14-7-8-17(11)12/h9-10,14H,6-8H2,1-5H3. The molecule has 1 aliphatic rings. The lowest BCUT2D eigenvalue weighted by Crippen LogP contribution is -2.41. The van der Waals surface area contributed by atoms with Crippen LogP contribution in [0.2, 0.25) is 0 Å². The van der Waals surface area contributed by atoms with Crippen LogP contribution in [-0.4, -0.2) is 21.3 Å². The van der Waals surface area contributed by atoms with Gasteiger partial charge < -0.3 is 9.88 Å². The number of nitrogens with one attached hydrogen (secondary N) is 1. The monoisotopic (exact) mass is 236 g/mol. The summed E-state index contributed by atoms with van der Waals surface area (Å²) in [6.07, 6.45) is 1.12. The zero-order valence-corrected chi connectivity index (χ0v) is 11.6. The third-order valence-electron chi connectivity index (χ3n) is 3.67. The molecule has 1 N–H and O–H groups in total. The Kier molecular flexibility index (Phi) is 3.25. The van der Waals surface area contributed by atoms with Crippen molar-refractivity contribution in [3.05, 3.63) is 11.6 Å². The lowest BCUT2D eigenvalue weighted by atomic mass is 9.85. The maximum Gasteiger partial charge on any atom is 0.150 e. The Balaban J connectivity index is 2.38. The molecule has 96 valence electrons. The Hall–Kier alpha value is -0.900. The minimum absolute atomic E-state index is 0.178. The number of hydrogen-bond acceptors (Lipinski definition) is 3. The molecule has 1 aliphatic heterocycles. The third kappa shape index (κ3) is 2.23. The van der Waals surface area contributed by atoms with E-state index in [1.807, 2.05) is 0 Å². The third-order valence-corrected chi connectivity index (χ3v) is 3.67. The minimum atomic E-state index is 0.178. The van der Waals surface area contributed by atoms with Crippen LogP contribution in [0.5, 0.6) is 0 Å². The number of rotatable bonds is 2. The van der Waals surface area contributed by atoms with Crippen LogP contribution in [0.3, 0.4) is 0 Å². The van der Waals surface area contributed by atoms with Crippen LogP contribution in [0, 0.1) is 5.41 Å². The van der Waals surface area contributed by atoms with Crippen molar-refractivity contribution < 1.29 is 0 Å². The van der Waals surface area contributed by atoms with E-state index in [0.29, 0.717) is 12.0 Å². The van der Waals surface area contributed by atoms with Gasteiger partial charge in [-0.1, -0.05) is 34.6 Å². The molecular formula is C13H24N4. The molecule has 0 amide bonds. The average molecular weight is 236 g/mol. The van der Waals surface area contributed by atoms with Crippen LogP contribution in [0.1, 0.15) is 64.6 Å². The van der Waals surface area contributed by atoms with E-state index in [2.05, 4.69) is 54.7 Å². The van der Waals surface area contributed by atoms with Gasteiger partial charge in [-0.25, -0.2) is 0 Å². The molecule has 0 spiro atoms. The van der Waals surface area contributed by atoms with E-state index in [-0.39, 0.29) is 5.41 Å². The van der Waals surface area contributed by atoms with Gasteiger partial charge in [-0.2, -0.15) is 0 Å². The van der Waals surface area contributed by atoms with E-state index in [9.17, 15) is 0 Å². The molecular weight excluding hydrogens is 212 g/mol. The zero-order valence-electron chi connectivity index (χ0n) is 11.6. The highest BCUT2D eigenvalue weighted by molar-refractivity contribution is 5.10. The van der Waals surface area contributed by atoms with E-state index in [0.717, 1.165) is 31.2 Å². The quantitative estimate of drug-likeness (QED) is 0.858. The topological polar surface area (TPSA) is 42.7 Å². The first-order valence-corrected chi connectivity index (χ1v) is 6.61. The Labute approximate surface area is 104 Å². The number of aromatic nitrogens is 3. The first-order chi connectivity index (χ1) is 7.95. The summed E-state index contributed by atoms with van der Waals surface area (Å²) in [4.78, 5) is 0. The molecule has 4 heteroatoms. The van der Waals surface area contributed by atoms with Gasteiger partial charge in [0.1, 0.15) is 5.82 Å². The molecule has 2 unspecified atom stereocenters. The van der Waals surface area contributed by atoms with Crippen molar-refractivity contribution in [2.75, 3.05) is 6.54 Å². The highest BCUT2D eigenvalue weighted by Crippen LogP contribution is 2.34. The maximum atomic E-state index is 4.42. The van der Waals surface area contributed by atoms with Crippen LogP contribution in [0.15, 0.2) is 0 Å². The molecule has 4 nitrogen and oxygen atoms in total. The molecule has 0 fully saturated rings. The van der Waals surface area contributed by atoms with Gasteiger partial charge in [-0.15, -0.1) is 10.2 Å². The molecule has 0 saturated heterocycles. The van der Waals surface area contributed by atoms with Crippen LogP contribution in [0.25, 0.3) is 0 Å².